The Morgan fingerprint density at radius 2 is 1.93 bits per heavy atom. The molecule has 1 aliphatic heterocycles. The van der Waals surface area contributed by atoms with Crippen molar-refractivity contribution >= 4 is 34.4 Å². The number of fused-ring (bicyclic) bond motifs is 2. The third-order valence-electron chi connectivity index (χ3n) is 4.67. The van der Waals surface area contributed by atoms with E-state index in [4.69, 9.17) is 5.26 Å². The second-order valence-corrected chi connectivity index (χ2v) is 6.28. The molecule has 2 aromatic carbocycles. The maximum atomic E-state index is 12.4. The van der Waals surface area contributed by atoms with Gasteiger partial charge in [0.1, 0.15) is 0 Å². The van der Waals surface area contributed by atoms with E-state index >= 15 is 0 Å². The quantitative estimate of drug-likeness (QED) is 0.532. The van der Waals surface area contributed by atoms with Gasteiger partial charge in [-0.3, -0.25) is 4.79 Å². The zero-order chi connectivity index (χ0) is 18.8. The number of amides is 1. The van der Waals surface area contributed by atoms with Crippen molar-refractivity contribution < 1.29 is 4.79 Å². The first-order valence-corrected chi connectivity index (χ1v) is 8.64. The predicted octanol–water partition coefficient (Wildman–Crippen LogP) is 3.35. The summed E-state index contributed by atoms with van der Waals surface area (Å²) in [4.78, 5) is 14.0. The first-order chi connectivity index (χ1) is 13.2. The molecule has 0 atom stereocenters. The lowest BCUT2D eigenvalue weighted by atomic mass is 10.1. The molecule has 1 aromatic heterocycles. The third kappa shape index (κ3) is 2.89. The molecule has 0 N–H and O–H groups in total. The summed E-state index contributed by atoms with van der Waals surface area (Å²) in [6, 6.07) is 17.7. The molecule has 0 spiro atoms. The van der Waals surface area contributed by atoms with Crippen LogP contribution < -0.4 is 4.90 Å². The fraction of sp³-hybridized carbons (Fsp3) is 0.143. The minimum absolute atomic E-state index is 0.162. The van der Waals surface area contributed by atoms with Gasteiger partial charge >= 0.3 is 0 Å². The van der Waals surface area contributed by atoms with Crippen LogP contribution in [0.15, 0.2) is 64.9 Å². The number of likely N-dealkylation sites (N-methyl/N-ethyl adjacent to an activating group) is 1. The number of carbonyl (C=O) groups is 1. The van der Waals surface area contributed by atoms with E-state index in [2.05, 4.69) is 16.3 Å². The molecule has 0 radical (unpaired) electrons. The van der Waals surface area contributed by atoms with Gasteiger partial charge in [-0.2, -0.15) is 10.4 Å². The van der Waals surface area contributed by atoms with Crippen molar-refractivity contribution in [2.75, 3.05) is 11.9 Å². The highest BCUT2D eigenvalue weighted by molar-refractivity contribution is 6.54. The van der Waals surface area contributed by atoms with Gasteiger partial charge in [-0.15, -0.1) is 5.10 Å². The highest BCUT2D eigenvalue weighted by atomic mass is 16.2. The Bertz CT molecular complexity index is 1130. The Morgan fingerprint density at radius 3 is 2.78 bits per heavy atom. The lowest BCUT2D eigenvalue weighted by Crippen LogP contribution is -2.25. The topological polar surface area (TPSA) is 73.8 Å². The van der Waals surface area contributed by atoms with Crippen LogP contribution in [0.4, 0.5) is 5.69 Å². The Hall–Kier alpha value is -3.72. The smallest absolute Gasteiger partial charge is 0.279 e. The van der Waals surface area contributed by atoms with Crippen LogP contribution in [-0.2, 0) is 11.3 Å². The van der Waals surface area contributed by atoms with Gasteiger partial charge in [0.2, 0.25) is 0 Å². The number of anilines is 1. The van der Waals surface area contributed by atoms with Crippen molar-refractivity contribution in [3.05, 3.63) is 65.9 Å². The normalized spacial score (nSPS) is 15.0. The summed E-state index contributed by atoms with van der Waals surface area (Å²) in [6.45, 7) is 0.621. The maximum absolute atomic E-state index is 12.4. The number of para-hydroxylation sites is 2. The highest BCUT2D eigenvalue weighted by Crippen LogP contribution is 2.27. The minimum Gasteiger partial charge on any atom is -0.346 e. The molecule has 0 saturated heterocycles. The Morgan fingerprint density at radius 1 is 1.15 bits per heavy atom. The van der Waals surface area contributed by atoms with E-state index < -0.39 is 0 Å². The second kappa shape index (κ2) is 6.89. The molecule has 0 bridgehead atoms. The number of nitriles is 1. The van der Waals surface area contributed by atoms with Crippen molar-refractivity contribution in [2.24, 2.45) is 10.2 Å². The molecule has 132 valence electrons. The van der Waals surface area contributed by atoms with E-state index in [1.807, 2.05) is 59.3 Å². The summed E-state index contributed by atoms with van der Waals surface area (Å²) in [5.41, 5.74) is 3.92. The van der Waals surface area contributed by atoms with Crippen LogP contribution >= 0.6 is 0 Å². The summed E-state index contributed by atoms with van der Waals surface area (Å²) in [7, 11) is 1.73. The fourth-order valence-corrected chi connectivity index (χ4v) is 3.33. The standard InChI is InChI=1S/C21H17N5O/c1-25-18-9-4-3-8-17(18)20(21(25)27)24-23-13-15-14-26(12-6-11-22)19-10-5-2-7-16(15)19/h2-5,7-10,13-14H,6,12H2,1H3/b23-13-,24-20+. The lowest BCUT2D eigenvalue weighted by molar-refractivity contribution is -0.111. The van der Waals surface area contributed by atoms with E-state index in [1.165, 1.54) is 0 Å². The summed E-state index contributed by atoms with van der Waals surface area (Å²) in [5.74, 6) is -0.162. The van der Waals surface area contributed by atoms with Crippen LogP contribution in [0.1, 0.15) is 17.5 Å². The fourth-order valence-electron chi connectivity index (χ4n) is 3.33. The number of nitrogens with zero attached hydrogens (tertiary/aromatic N) is 5. The van der Waals surface area contributed by atoms with Crippen molar-refractivity contribution in [3.8, 4) is 6.07 Å². The van der Waals surface area contributed by atoms with E-state index in [0.29, 0.717) is 18.7 Å². The Balaban J connectivity index is 1.69. The third-order valence-corrected chi connectivity index (χ3v) is 4.67. The van der Waals surface area contributed by atoms with Gasteiger partial charge < -0.3 is 9.47 Å². The van der Waals surface area contributed by atoms with Crippen LogP contribution in [0.5, 0.6) is 0 Å². The van der Waals surface area contributed by atoms with Crippen molar-refractivity contribution in [3.63, 3.8) is 0 Å². The molecule has 27 heavy (non-hydrogen) atoms. The van der Waals surface area contributed by atoms with Crippen LogP contribution in [0.3, 0.4) is 0 Å². The summed E-state index contributed by atoms with van der Waals surface area (Å²) >= 11 is 0. The molecule has 0 fully saturated rings. The number of hydrogen-bond acceptors (Lipinski definition) is 4. The molecule has 1 amide bonds. The molecule has 2 heterocycles. The summed E-state index contributed by atoms with van der Waals surface area (Å²) in [5, 5.41) is 18.3. The average molecular weight is 355 g/mol. The highest BCUT2D eigenvalue weighted by Gasteiger charge is 2.30. The molecular formula is C21H17N5O. The molecule has 1 aliphatic rings. The van der Waals surface area contributed by atoms with Crippen LogP contribution in [-0.4, -0.2) is 29.4 Å². The molecule has 3 aromatic rings. The largest absolute Gasteiger partial charge is 0.346 e. The van der Waals surface area contributed by atoms with Gasteiger partial charge in [-0.1, -0.05) is 36.4 Å². The summed E-state index contributed by atoms with van der Waals surface area (Å²) < 4.78 is 2.04. The SMILES string of the molecule is CN1C(=O)/C(=N/N=C\c2cn(CCC#N)c3ccccc23)c2ccccc21. The van der Waals surface area contributed by atoms with E-state index in [-0.39, 0.29) is 5.91 Å². The van der Waals surface area contributed by atoms with Crippen molar-refractivity contribution in [2.45, 2.75) is 13.0 Å². The van der Waals surface area contributed by atoms with Crippen LogP contribution in [0.25, 0.3) is 10.9 Å². The first kappa shape index (κ1) is 16.7. The number of aryl methyl sites for hydroxylation is 1. The first-order valence-electron chi connectivity index (χ1n) is 8.64. The summed E-state index contributed by atoms with van der Waals surface area (Å²) in [6.07, 6.45) is 4.06. The van der Waals surface area contributed by atoms with Crippen LogP contribution in [0, 0.1) is 11.3 Å². The van der Waals surface area contributed by atoms with Crippen molar-refractivity contribution in [1.82, 2.24) is 4.57 Å². The lowest BCUT2D eigenvalue weighted by Gasteiger charge is -2.07. The molecule has 0 saturated carbocycles. The maximum Gasteiger partial charge on any atom is 0.279 e. The number of carbonyl (C=O) groups excluding carboxylic acids is 1. The number of hydrogen-bond donors (Lipinski definition) is 0. The molecule has 6 nitrogen and oxygen atoms in total. The monoisotopic (exact) mass is 355 g/mol. The minimum atomic E-state index is -0.162. The molecule has 0 aliphatic carbocycles. The predicted molar refractivity (Wildman–Crippen MR) is 106 cm³/mol. The molecule has 4 rings (SSSR count). The number of aromatic nitrogens is 1. The van der Waals surface area contributed by atoms with E-state index in [1.54, 1.807) is 18.2 Å². The van der Waals surface area contributed by atoms with Gasteiger partial charge in [-0.25, -0.2) is 0 Å². The van der Waals surface area contributed by atoms with Gasteiger partial charge in [0, 0.05) is 41.8 Å². The van der Waals surface area contributed by atoms with Crippen molar-refractivity contribution in [1.29, 1.82) is 5.26 Å². The average Bonchev–Trinajstić information content (AvgIpc) is 3.17. The number of benzene rings is 2. The zero-order valence-corrected chi connectivity index (χ0v) is 14.8. The Labute approximate surface area is 156 Å². The van der Waals surface area contributed by atoms with Gasteiger partial charge in [0.05, 0.1) is 24.4 Å². The van der Waals surface area contributed by atoms with Gasteiger partial charge in [0.15, 0.2) is 5.71 Å². The van der Waals surface area contributed by atoms with Crippen LogP contribution in [0.2, 0.25) is 0 Å². The van der Waals surface area contributed by atoms with Gasteiger partial charge in [-0.05, 0) is 12.1 Å². The second-order valence-electron chi connectivity index (χ2n) is 6.28. The van der Waals surface area contributed by atoms with Gasteiger partial charge in [0.25, 0.3) is 5.91 Å². The molecular weight excluding hydrogens is 338 g/mol. The van der Waals surface area contributed by atoms with E-state index in [0.717, 1.165) is 27.7 Å². The number of rotatable bonds is 4. The molecule has 0 unspecified atom stereocenters. The Kier molecular flexibility index (Phi) is 4.27. The molecule has 6 heteroatoms. The zero-order valence-electron chi connectivity index (χ0n) is 14.8. The van der Waals surface area contributed by atoms with E-state index in [9.17, 15) is 4.79 Å².